The lowest BCUT2D eigenvalue weighted by atomic mass is 10.2. The van der Waals surface area contributed by atoms with Crippen LogP contribution in [0.5, 0.6) is 0 Å². The van der Waals surface area contributed by atoms with Gasteiger partial charge in [0, 0.05) is 25.8 Å². The number of amides is 2. The van der Waals surface area contributed by atoms with Gasteiger partial charge >= 0.3 is 5.97 Å². The number of carbonyl (C=O) groups is 3. The highest BCUT2D eigenvalue weighted by molar-refractivity contribution is 6.01. The number of hydrogen-bond acceptors (Lipinski definition) is 6. The summed E-state index contributed by atoms with van der Waals surface area (Å²) in [4.78, 5) is 38.2. The zero-order valence-electron chi connectivity index (χ0n) is 9.48. The van der Waals surface area contributed by atoms with E-state index in [9.17, 15) is 14.4 Å². The predicted octanol–water partition coefficient (Wildman–Crippen LogP) is 0.133. The largest absolute Gasteiger partial charge is 0.333 e. The minimum Gasteiger partial charge on any atom is -0.330 e. The number of imide groups is 1. The molecule has 17 heavy (non-hydrogen) atoms. The highest BCUT2D eigenvalue weighted by Crippen LogP contribution is 2.13. The molecule has 0 radical (unpaired) electrons. The topological polar surface area (TPSA) is 95.9 Å². The molecule has 1 heterocycles. The number of unbranched alkanes of at least 4 members (excludes halogenated alkanes) is 2. The van der Waals surface area contributed by atoms with Gasteiger partial charge in [0.05, 0.1) is 0 Å². The van der Waals surface area contributed by atoms with Crippen LogP contribution in [0.2, 0.25) is 0 Å². The smallest absolute Gasteiger partial charge is 0.330 e. The van der Waals surface area contributed by atoms with Gasteiger partial charge in [0.1, 0.15) is 0 Å². The summed E-state index contributed by atoms with van der Waals surface area (Å²) in [6.45, 7) is 0.470. The Morgan fingerprint density at radius 3 is 2.47 bits per heavy atom. The molecule has 0 unspecified atom stereocenters. The highest BCUT2D eigenvalue weighted by atomic mass is 16.7. The average Bonchev–Trinajstić information content (AvgIpc) is 2.60. The predicted molar refractivity (Wildman–Crippen MR) is 55.4 cm³/mol. The molecule has 0 atom stereocenters. The Labute approximate surface area is 98.6 Å². The maximum atomic E-state index is 11.3. The maximum Gasteiger partial charge on any atom is 0.333 e. The molecule has 0 saturated carbocycles. The average molecular weight is 244 g/mol. The van der Waals surface area contributed by atoms with Crippen LogP contribution in [-0.4, -0.2) is 34.6 Å². The van der Waals surface area contributed by atoms with Crippen LogP contribution < -0.4 is 5.48 Å². The lowest BCUT2D eigenvalue weighted by Gasteiger charge is -2.12. The Bertz CT molecular complexity index is 289. The van der Waals surface area contributed by atoms with Crippen LogP contribution in [0.4, 0.5) is 0 Å². The van der Waals surface area contributed by atoms with E-state index in [1.165, 1.54) is 0 Å². The Morgan fingerprint density at radius 1 is 1.24 bits per heavy atom. The first-order valence-corrected chi connectivity index (χ1v) is 5.58. The van der Waals surface area contributed by atoms with Crippen molar-refractivity contribution in [1.82, 2.24) is 10.5 Å². The Balaban J connectivity index is 2.16. The Hall–Kier alpha value is -1.47. The summed E-state index contributed by atoms with van der Waals surface area (Å²) >= 11 is 0. The van der Waals surface area contributed by atoms with Gasteiger partial charge in [-0.3, -0.25) is 9.59 Å². The second-order valence-electron chi connectivity index (χ2n) is 3.76. The quantitative estimate of drug-likeness (QED) is 0.375. The number of carbonyl (C=O) groups excluding carboxylic acids is 3. The van der Waals surface area contributed by atoms with Crippen LogP contribution >= 0.6 is 0 Å². The molecule has 7 nitrogen and oxygen atoms in total. The number of hydrogen-bond donors (Lipinski definition) is 2. The molecule has 1 saturated heterocycles. The van der Waals surface area contributed by atoms with Gasteiger partial charge in [-0.2, -0.15) is 0 Å². The van der Waals surface area contributed by atoms with Crippen molar-refractivity contribution >= 4 is 17.8 Å². The normalized spacial score (nSPS) is 15.5. The van der Waals surface area contributed by atoms with Crippen molar-refractivity contribution in [3.05, 3.63) is 0 Å². The fourth-order valence-corrected chi connectivity index (χ4v) is 1.46. The molecule has 0 aromatic rings. The van der Waals surface area contributed by atoms with Gasteiger partial charge in [0.25, 0.3) is 11.8 Å². The summed E-state index contributed by atoms with van der Waals surface area (Å²) in [7, 11) is 0. The van der Waals surface area contributed by atoms with Gasteiger partial charge in [-0.05, 0) is 12.8 Å². The molecule has 2 amide bonds. The first-order chi connectivity index (χ1) is 8.15. The molecular weight excluding hydrogens is 228 g/mol. The minimum atomic E-state index is -0.578. The Morgan fingerprint density at radius 2 is 1.88 bits per heavy atom. The second-order valence-corrected chi connectivity index (χ2v) is 3.76. The summed E-state index contributed by atoms with van der Waals surface area (Å²) in [5.74, 6) is -1.51. The standard InChI is InChI=1S/C10H16N2O5/c13-8-5-6-9(14)12(8)17-10(15)4-2-1-3-7-11-16/h11,16H,1-7H2. The number of nitrogens with zero attached hydrogens (tertiary/aromatic N) is 1. The van der Waals surface area contributed by atoms with Crippen LogP contribution in [0, 0.1) is 0 Å². The van der Waals surface area contributed by atoms with Crippen LogP contribution in [0.3, 0.4) is 0 Å². The van der Waals surface area contributed by atoms with E-state index in [0.29, 0.717) is 18.0 Å². The molecule has 0 aromatic carbocycles. The molecule has 2 N–H and O–H groups in total. The van der Waals surface area contributed by atoms with Crippen molar-refractivity contribution in [2.24, 2.45) is 0 Å². The van der Waals surface area contributed by atoms with Crippen molar-refractivity contribution < 1.29 is 24.4 Å². The van der Waals surface area contributed by atoms with Crippen molar-refractivity contribution in [3.63, 3.8) is 0 Å². The van der Waals surface area contributed by atoms with Gasteiger partial charge in [-0.25, -0.2) is 10.3 Å². The van der Waals surface area contributed by atoms with Crippen LogP contribution in [0.15, 0.2) is 0 Å². The molecule has 7 heteroatoms. The van der Waals surface area contributed by atoms with Crippen LogP contribution in [0.1, 0.15) is 38.5 Å². The van der Waals surface area contributed by atoms with E-state index in [2.05, 4.69) is 4.84 Å². The van der Waals surface area contributed by atoms with Crippen molar-refractivity contribution in [1.29, 1.82) is 0 Å². The third kappa shape index (κ3) is 4.49. The summed E-state index contributed by atoms with van der Waals surface area (Å²) in [5.41, 5.74) is 2.01. The number of hydroxylamine groups is 3. The minimum absolute atomic E-state index is 0.105. The second kappa shape index (κ2) is 6.97. The van der Waals surface area contributed by atoms with Gasteiger partial charge < -0.3 is 10.0 Å². The van der Waals surface area contributed by atoms with E-state index in [4.69, 9.17) is 5.21 Å². The molecule has 1 rings (SSSR count). The van der Waals surface area contributed by atoms with Gasteiger partial charge in [0.15, 0.2) is 0 Å². The van der Waals surface area contributed by atoms with Gasteiger partial charge in [-0.15, -0.1) is 5.06 Å². The van der Waals surface area contributed by atoms with Gasteiger partial charge in [-0.1, -0.05) is 6.42 Å². The summed E-state index contributed by atoms with van der Waals surface area (Å²) in [6.07, 6.45) is 2.46. The van der Waals surface area contributed by atoms with Crippen molar-refractivity contribution in [3.8, 4) is 0 Å². The van der Waals surface area contributed by atoms with E-state index in [-0.39, 0.29) is 19.3 Å². The van der Waals surface area contributed by atoms with E-state index in [1.807, 2.05) is 5.48 Å². The summed E-state index contributed by atoms with van der Waals surface area (Å²) in [6, 6.07) is 0. The third-order valence-electron chi connectivity index (χ3n) is 2.37. The molecule has 0 aromatic heterocycles. The fraction of sp³-hybridized carbons (Fsp3) is 0.700. The molecule has 96 valence electrons. The SMILES string of the molecule is O=C(CCCCCNO)ON1C(=O)CCC1=O. The third-order valence-corrected chi connectivity index (χ3v) is 2.37. The van der Waals surface area contributed by atoms with E-state index < -0.39 is 17.8 Å². The lowest BCUT2D eigenvalue weighted by Crippen LogP contribution is -2.31. The fourth-order valence-electron chi connectivity index (χ4n) is 1.46. The van der Waals surface area contributed by atoms with Crippen molar-refractivity contribution in [2.75, 3.05) is 6.54 Å². The molecule has 1 fully saturated rings. The summed E-state index contributed by atoms with van der Waals surface area (Å²) in [5, 5.41) is 8.85. The molecule has 0 aliphatic carbocycles. The molecule has 0 spiro atoms. The first-order valence-electron chi connectivity index (χ1n) is 5.58. The molecule has 1 aliphatic heterocycles. The zero-order valence-corrected chi connectivity index (χ0v) is 9.48. The van der Waals surface area contributed by atoms with Crippen molar-refractivity contribution in [2.45, 2.75) is 38.5 Å². The van der Waals surface area contributed by atoms with Crippen LogP contribution in [-0.2, 0) is 19.2 Å². The van der Waals surface area contributed by atoms with E-state index >= 15 is 0 Å². The monoisotopic (exact) mass is 244 g/mol. The van der Waals surface area contributed by atoms with Crippen LogP contribution in [0.25, 0.3) is 0 Å². The number of rotatable bonds is 7. The molecule has 1 aliphatic rings. The molecule has 0 bridgehead atoms. The van der Waals surface area contributed by atoms with E-state index in [0.717, 1.165) is 12.8 Å². The Kier molecular flexibility index (Phi) is 5.58. The molecular formula is C10H16N2O5. The van der Waals surface area contributed by atoms with E-state index in [1.54, 1.807) is 0 Å². The lowest BCUT2D eigenvalue weighted by molar-refractivity contribution is -0.197. The first kappa shape index (κ1) is 13.6. The number of nitrogens with one attached hydrogen (secondary N) is 1. The summed E-state index contributed by atoms with van der Waals surface area (Å²) < 4.78 is 0. The highest BCUT2D eigenvalue weighted by Gasteiger charge is 2.32. The maximum absolute atomic E-state index is 11.3. The zero-order chi connectivity index (χ0) is 12.7. The van der Waals surface area contributed by atoms with Gasteiger partial charge in [0.2, 0.25) is 0 Å².